The van der Waals surface area contributed by atoms with Crippen LogP contribution >= 0.6 is 0 Å². The molecule has 0 heterocycles. The quantitative estimate of drug-likeness (QED) is 0.385. The van der Waals surface area contributed by atoms with Crippen molar-refractivity contribution < 1.29 is 19.4 Å². The van der Waals surface area contributed by atoms with Crippen LogP contribution in [0.3, 0.4) is 0 Å². The molecule has 0 fully saturated rings. The Kier molecular flexibility index (Phi) is 7.15. The number of carboxylic acids is 1. The van der Waals surface area contributed by atoms with Gasteiger partial charge in [0, 0.05) is 6.54 Å². The fourth-order valence-electron chi connectivity index (χ4n) is 0.905. The summed E-state index contributed by atoms with van der Waals surface area (Å²) >= 11 is 0. The number of hydrogen-bond acceptors (Lipinski definition) is 4. The van der Waals surface area contributed by atoms with Gasteiger partial charge in [0.25, 0.3) is 0 Å². The van der Waals surface area contributed by atoms with E-state index in [1.54, 1.807) is 0 Å². The van der Waals surface area contributed by atoms with Crippen molar-refractivity contribution in [3.05, 3.63) is 12.2 Å². The second kappa shape index (κ2) is 7.84. The van der Waals surface area contributed by atoms with E-state index in [2.05, 4.69) is 11.9 Å². The van der Waals surface area contributed by atoms with Crippen LogP contribution in [0, 0.1) is 0 Å². The van der Waals surface area contributed by atoms with Gasteiger partial charge in [0.05, 0.1) is 25.7 Å². The molecule has 92 valence electrons. The van der Waals surface area contributed by atoms with Gasteiger partial charge in [-0.1, -0.05) is 12.2 Å². The number of aliphatic carboxylic acids is 1. The van der Waals surface area contributed by atoms with E-state index in [1.807, 2.05) is 6.92 Å². The van der Waals surface area contributed by atoms with E-state index in [0.29, 0.717) is 19.8 Å². The number of carbonyl (C=O) groups is 2. The van der Waals surface area contributed by atoms with Crippen molar-refractivity contribution in [2.45, 2.75) is 19.4 Å². The summed E-state index contributed by atoms with van der Waals surface area (Å²) < 4.78 is 5.13. The summed E-state index contributed by atoms with van der Waals surface area (Å²) in [5, 5.41) is 10.9. The lowest BCUT2D eigenvalue weighted by atomic mass is 10.2. The average Bonchev–Trinajstić information content (AvgIpc) is 2.15. The van der Waals surface area contributed by atoms with Crippen molar-refractivity contribution in [1.29, 1.82) is 0 Å². The molecule has 0 aromatic heterocycles. The van der Waals surface area contributed by atoms with E-state index in [0.717, 1.165) is 5.57 Å². The number of rotatable bonds is 8. The molecular weight excluding hydrogens is 212 g/mol. The SMILES string of the molecule is C=C(C)COCCNC(=O)C(N)CC(=O)O. The summed E-state index contributed by atoms with van der Waals surface area (Å²) in [6, 6.07) is -1.02. The van der Waals surface area contributed by atoms with Crippen LogP contribution in [0.25, 0.3) is 0 Å². The summed E-state index contributed by atoms with van der Waals surface area (Å²) in [5.74, 6) is -1.58. The van der Waals surface area contributed by atoms with Gasteiger partial charge in [0.1, 0.15) is 0 Å². The van der Waals surface area contributed by atoms with Crippen LogP contribution < -0.4 is 11.1 Å². The molecule has 0 aromatic rings. The molecule has 0 saturated carbocycles. The molecule has 0 rings (SSSR count). The Hall–Kier alpha value is -1.40. The van der Waals surface area contributed by atoms with E-state index in [9.17, 15) is 9.59 Å². The molecule has 4 N–H and O–H groups in total. The molecule has 0 bridgehead atoms. The zero-order chi connectivity index (χ0) is 12.6. The number of nitrogens with one attached hydrogen (secondary N) is 1. The largest absolute Gasteiger partial charge is 0.481 e. The van der Waals surface area contributed by atoms with E-state index >= 15 is 0 Å². The Morgan fingerprint density at radius 2 is 2.19 bits per heavy atom. The molecule has 6 nitrogen and oxygen atoms in total. The molecule has 0 radical (unpaired) electrons. The zero-order valence-corrected chi connectivity index (χ0v) is 9.36. The van der Waals surface area contributed by atoms with Gasteiger partial charge in [0.2, 0.25) is 5.91 Å². The summed E-state index contributed by atoms with van der Waals surface area (Å²) in [7, 11) is 0. The molecule has 0 saturated heterocycles. The van der Waals surface area contributed by atoms with Crippen LogP contribution in [0.4, 0.5) is 0 Å². The van der Waals surface area contributed by atoms with Gasteiger partial charge < -0.3 is 20.9 Å². The van der Waals surface area contributed by atoms with E-state index in [-0.39, 0.29) is 6.42 Å². The molecule has 0 aromatic carbocycles. The third-order valence-corrected chi connectivity index (χ3v) is 1.63. The van der Waals surface area contributed by atoms with Gasteiger partial charge in [-0.15, -0.1) is 0 Å². The van der Waals surface area contributed by atoms with E-state index in [1.165, 1.54) is 0 Å². The highest BCUT2D eigenvalue weighted by Gasteiger charge is 2.15. The topological polar surface area (TPSA) is 102 Å². The second-order valence-electron chi connectivity index (χ2n) is 3.51. The van der Waals surface area contributed by atoms with Crippen LogP contribution in [-0.2, 0) is 14.3 Å². The lowest BCUT2D eigenvalue weighted by Gasteiger charge is -2.10. The van der Waals surface area contributed by atoms with Crippen molar-refractivity contribution >= 4 is 11.9 Å². The molecule has 1 atom stereocenters. The van der Waals surface area contributed by atoms with Gasteiger partial charge in [-0.2, -0.15) is 0 Å². The summed E-state index contributed by atoms with van der Waals surface area (Å²) in [4.78, 5) is 21.5. The summed E-state index contributed by atoms with van der Waals surface area (Å²) in [5.41, 5.74) is 6.23. The maximum atomic E-state index is 11.2. The maximum absolute atomic E-state index is 11.2. The fraction of sp³-hybridized carbons (Fsp3) is 0.600. The first-order chi connectivity index (χ1) is 7.43. The van der Waals surface area contributed by atoms with Gasteiger partial charge in [-0.25, -0.2) is 0 Å². The number of amides is 1. The first kappa shape index (κ1) is 14.6. The Bertz CT molecular complexity index is 266. The Morgan fingerprint density at radius 1 is 1.56 bits per heavy atom. The third-order valence-electron chi connectivity index (χ3n) is 1.63. The van der Waals surface area contributed by atoms with Crippen molar-refractivity contribution in [2.75, 3.05) is 19.8 Å². The van der Waals surface area contributed by atoms with Crippen LogP contribution in [0.1, 0.15) is 13.3 Å². The monoisotopic (exact) mass is 230 g/mol. The predicted molar refractivity (Wildman–Crippen MR) is 58.9 cm³/mol. The highest BCUT2D eigenvalue weighted by atomic mass is 16.5. The lowest BCUT2D eigenvalue weighted by Crippen LogP contribution is -2.43. The number of ether oxygens (including phenoxy) is 1. The minimum atomic E-state index is -1.10. The molecular formula is C10H18N2O4. The molecule has 0 aliphatic rings. The first-order valence-corrected chi connectivity index (χ1v) is 4.90. The Morgan fingerprint density at radius 3 is 2.69 bits per heavy atom. The minimum absolute atomic E-state index is 0.305. The van der Waals surface area contributed by atoms with Crippen molar-refractivity contribution in [3.8, 4) is 0 Å². The second-order valence-corrected chi connectivity index (χ2v) is 3.51. The van der Waals surface area contributed by atoms with Crippen molar-refractivity contribution in [1.82, 2.24) is 5.32 Å². The maximum Gasteiger partial charge on any atom is 0.305 e. The van der Waals surface area contributed by atoms with Gasteiger partial charge in [0.15, 0.2) is 0 Å². The molecule has 1 amide bonds. The fourth-order valence-corrected chi connectivity index (χ4v) is 0.905. The van der Waals surface area contributed by atoms with Gasteiger partial charge in [-0.05, 0) is 6.92 Å². The predicted octanol–water partition coefficient (Wildman–Crippen LogP) is -0.503. The van der Waals surface area contributed by atoms with E-state index in [4.69, 9.17) is 15.6 Å². The van der Waals surface area contributed by atoms with Crippen LogP contribution in [0.15, 0.2) is 12.2 Å². The first-order valence-electron chi connectivity index (χ1n) is 4.90. The van der Waals surface area contributed by atoms with Gasteiger partial charge >= 0.3 is 5.97 Å². The van der Waals surface area contributed by atoms with Crippen molar-refractivity contribution in [3.63, 3.8) is 0 Å². The number of hydrogen-bond donors (Lipinski definition) is 3. The summed E-state index contributed by atoms with van der Waals surface area (Å²) in [6.45, 7) is 6.58. The lowest BCUT2D eigenvalue weighted by molar-refractivity contribution is -0.139. The number of carbonyl (C=O) groups excluding carboxylic acids is 1. The average molecular weight is 230 g/mol. The van der Waals surface area contributed by atoms with E-state index < -0.39 is 17.9 Å². The number of carboxylic acid groups (broad SMARTS) is 1. The standard InChI is InChI=1S/C10H18N2O4/c1-7(2)6-16-4-3-12-10(15)8(11)5-9(13)14/h8H,1,3-6,11H2,2H3,(H,12,15)(H,13,14). The zero-order valence-electron chi connectivity index (χ0n) is 9.36. The van der Waals surface area contributed by atoms with Crippen LogP contribution in [-0.4, -0.2) is 42.8 Å². The Balaban J connectivity index is 3.57. The molecule has 1 unspecified atom stereocenters. The summed E-state index contributed by atoms with van der Waals surface area (Å²) in [6.07, 6.45) is -0.377. The van der Waals surface area contributed by atoms with Crippen LogP contribution in [0.2, 0.25) is 0 Å². The third kappa shape index (κ3) is 7.95. The van der Waals surface area contributed by atoms with Gasteiger partial charge in [-0.3, -0.25) is 9.59 Å². The molecule has 0 aliphatic carbocycles. The number of nitrogens with two attached hydrogens (primary N) is 1. The highest BCUT2D eigenvalue weighted by Crippen LogP contribution is 1.89. The minimum Gasteiger partial charge on any atom is -0.481 e. The van der Waals surface area contributed by atoms with Crippen LogP contribution in [0.5, 0.6) is 0 Å². The van der Waals surface area contributed by atoms with Crippen molar-refractivity contribution in [2.24, 2.45) is 5.73 Å². The molecule has 6 heteroatoms. The molecule has 16 heavy (non-hydrogen) atoms. The molecule has 0 spiro atoms. The highest BCUT2D eigenvalue weighted by molar-refractivity contribution is 5.85. The normalized spacial score (nSPS) is 11.9. The molecule has 0 aliphatic heterocycles. The Labute approximate surface area is 94.5 Å². The smallest absolute Gasteiger partial charge is 0.305 e.